The van der Waals surface area contributed by atoms with Crippen LogP contribution in [0.1, 0.15) is 27.2 Å². The molecular formula is C14H26N2O3. The van der Waals surface area contributed by atoms with Crippen molar-refractivity contribution in [3.8, 4) is 0 Å². The first-order valence-corrected chi connectivity index (χ1v) is 7.21. The van der Waals surface area contributed by atoms with Crippen LogP contribution in [0.4, 0.5) is 0 Å². The molecule has 2 fully saturated rings. The van der Waals surface area contributed by atoms with Gasteiger partial charge in [-0.25, -0.2) is 0 Å². The second kappa shape index (κ2) is 6.20. The number of piperidine rings is 1. The van der Waals surface area contributed by atoms with Crippen molar-refractivity contribution in [2.24, 2.45) is 5.92 Å². The fourth-order valence-corrected chi connectivity index (χ4v) is 2.70. The molecule has 2 rings (SSSR count). The van der Waals surface area contributed by atoms with Gasteiger partial charge in [0, 0.05) is 32.2 Å². The summed E-state index contributed by atoms with van der Waals surface area (Å²) in [6.45, 7) is 11.0. The van der Waals surface area contributed by atoms with E-state index in [1.165, 1.54) is 0 Å². The predicted octanol–water partition coefficient (Wildman–Crippen LogP) is 0.638. The van der Waals surface area contributed by atoms with Crippen molar-refractivity contribution in [2.45, 2.75) is 38.8 Å². The Labute approximate surface area is 115 Å². The van der Waals surface area contributed by atoms with Crippen LogP contribution in [-0.4, -0.2) is 61.9 Å². The molecule has 2 saturated heterocycles. The molecule has 2 heterocycles. The highest BCUT2D eigenvalue weighted by atomic mass is 16.6. The minimum Gasteiger partial charge on any atom is -0.460 e. The Kier molecular flexibility index (Phi) is 4.81. The zero-order valence-electron chi connectivity index (χ0n) is 12.3. The number of hydrogen-bond acceptors (Lipinski definition) is 5. The molecule has 19 heavy (non-hydrogen) atoms. The Bertz CT molecular complexity index is 308. The molecule has 110 valence electrons. The quantitative estimate of drug-likeness (QED) is 0.746. The summed E-state index contributed by atoms with van der Waals surface area (Å²) in [4.78, 5) is 14.6. The summed E-state index contributed by atoms with van der Waals surface area (Å²) in [7, 11) is 0. The van der Waals surface area contributed by atoms with E-state index < -0.39 is 5.60 Å². The molecular weight excluding hydrogens is 244 g/mol. The van der Waals surface area contributed by atoms with Crippen LogP contribution in [0.3, 0.4) is 0 Å². The molecule has 0 aromatic heterocycles. The zero-order chi connectivity index (χ0) is 13.9. The van der Waals surface area contributed by atoms with Crippen LogP contribution in [0.2, 0.25) is 0 Å². The topological polar surface area (TPSA) is 50.8 Å². The molecule has 2 atom stereocenters. The summed E-state index contributed by atoms with van der Waals surface area (Å²) >= 11 is 0. The maximum absolute atomic E-state index is 12.1. The number of carbonyl (C=O) groups excluding carboxylic acids is 1. The molecule has 0 unspecified atom stereocenters. The van der Waals surface area contributed by atoms with E-state index in [0.717, 1.165) is 45.8 Å². The fraction of sp³-hybridized carbons (Fsp3) is 0.929. The van der Waals surface area contributed by atoms with Gasteiger partial charge in [0.1, 0.15) is 5.60 Å². The van der Waals surface area contributed by atoms with Crippen LogP contribution in [0.15, 0.2) is 0 Å². The molecule has 0 aromatic rings. The largest absolute Gasteiger partial charge is 0.460 e. The number of hydrogen-bond donors (Lipinski definition) is 1. The number of morpholine rings is 1. The first-order valence-electron chi connectivity index (χ1n) is 7.21. The highest BCUT2D eigenvalue weighted by Gasteiger charge is 2.33. The van der Waals surface area contributed by atoms with Gasteiger partial charge in [0.05, 0.1) is 19.1 Å². The number of nitrogens with zero attached hydrogens (tertiary/aromatic N) is 1. The van der Waals surface area contributed by atoms with E-state index in [9.17, 15) is 4.79 Å². The van der Waals surface area contributed by atoms with Crippen molar-refractivity contribution in [2.75, 3.05) is 39.4 Å². The number of esters is 1. The molecule has 2 aliphatic rings. The van der Waals surface area contributed by atoms with Crippen LogP contribution in [0.25, 0.3) is 0 Å². The summed E-state index contributed by atoms with van der Waals surface area (Å²) < 4.78 is 10.9. The second-order valence-electron chi connectivity index (χ2n) is 6.43. The first kappa shape index (κ1) is 14.8. The monoisotopic (exact) mass is 270 g/mol. The van der Waals surface area contributed by atoms with Gasteiger partial charge in [-0.2, -0.15) is 0 Å². The van der Waals surface area contributed by atoms with E-state index in [2.05, 4.69) is 10.2 Å². The smallest absolute Gasteiger partial charge is 0.310 e. The molecule has 2 aliphatic heterocycles. The summed E-state index contributed by atoms with van der Waals surface area (Å²) in [5, 5.41) is 3.37. The van der Waals surface area contributed by atoms with E-state index in [4.69, 9.17) is 9.47 Å². The van der Waals surface area contributed by atoms with Crippen molar-refractivity contribution in [1.82, 2.24) is 10.2 Å². The Morgan fingerprint density at radius 1 is 1.26 bits per heavy atom. The first-order chi connectivity index (χ1) is 8.96. The van der Waals surface area contributed by atoms with Gasteiger partial charge in [-0.05, 0) is 27.2 Å². The van der Waals surface area contributed by atoms with E-state index in [1.54, 1.807) is 0 Å². The molecule has 0 bridgehead atoms. The van der Waals surface area contributed by atoms with Crippen molar-refractivity contribution < 1.29 is 14.3 Å². The second-order valence-corrected chi connectivity index (χ2v) is 6.43. The highest BCUT2D eigenvalue weighted by Crippen LogP contribution is 2.20. The van der Waals surface area contributed by atoms with Gasteiger partial charge in [-0.15, -0.1) is 0 Å². The molecule has 0 aliphatic carbocycles. The van der Waals surface area contributed by atoms with Gasteiger partial charge in [-0.3, -0.25) is 9.69 Å². The van der Waals surface area contributed by atoms with E-state index in [-0.39, 0.29) is 11.9 Å². The third-order valence-corrected chi connectivity index (χ3v) is 3.63. The van der Waals surface area contributed by atoms with Crippen molar-refractivity contribution >= 4 is 5.97 Å². The normalized spacial score (nSPS) is 30.1. The van der Waals surface area contributed by atoms with E-state index in [0.29, 0.717) is 6.04 Å². The van der Waals surface area contributed by atoms with Gasteiger partial charge in [0.25, 0.3) is 0 Å². The van der Waals surface area contributed by atoms with Gasteiger partial charge in [-0.1, -0.05) is 0 Å². The van der Waals surface area contributed by atoms with Crippen molar-refractivity contribution in [3.63, 3.8) is 0 Å². The molecule has 0 spiro atoms. The van der Waals surface area contributed by atoms with Crippen LogP contribution >= 0.6 is 0 Å². The number of carbonyl (C=O) groups is 1. The minimum atomic E-state index is -0.400. The lowest BCUT2D eigenvalue weighted by molar-refractivity contribution is -0.161. The molecule has 5 nitrogen and oxygen atoms in total. The third-order valence-electron chi connectivity index (χ3n) is 3.63. The van der Waals surface area contributed by atoms with Crippen LogP contribution in [0, 0.1) is 5.92 Å². The van der Waals surface area contributed by atoms with E-state index in [1.807, 2.05) is 20.8 Å². The average Bonchev–Trinajstić information content (AvgIpc) is 2.38. The van der Waals surface area contributed by atoms with Crippen LogP contribution in [0.5, 0.6) is 0 Å². The molecule has 0 saturated carbocycles. The molecule has 5 heteroatoms. The van der Waals surface area contributed by atoms with Crippen molar-refractivity contribution in [3.05, 3.63) is 0 Å². The SMILES string of the molecule is CC(C)(C)OC(=O)[C@H]1CNC[C@H](N2CCOCC2)C1. The average molecular weight is 270 g/mol. The predicted molar refractivity (Wildman–Crippen MR) is 73.0 cm³/mol. The Morgan fingerprint density at radius 3 is 2.58 bits per heavy atom. The van der Waals surface area contributed by atoms with Gasteiger partial charge >= 0.3 is 5.97 Å². The molecule has 0 amide bonds. The van der Waals surface area contributed by atoms with Gasteiger partial charge in [0.2, 0.25) is 0 Å². The van der Waals surface area contributed by atoms with E-state index >= 15 is 0 Å². The Morgan fingerprint density at radius 2 is 1.95 bits per heavy atom. The summed E-state index contributed by atoms with van der Waals surface area (Å²) in [6, 6.07) is 0.426. The molecule has 1 N–H and O–H groups in total. The van der Waals surface area contributed by atoms with Gasteiger partial charge < -0.3 is 14.8 Å². The van der Waals surface area contributed by atoms with Crippen LogP contribution in [-0.2, 0) is 14.3 Å². The highest BCUT2D eigenvalue weighted by molar-refractivity contribution is 5.73. The maximum atomic E-state index is 12.1. The minimum absolute atomic E-state index is 0.0270. The Hall–Kier alpha value is -0.650. The number of rotatable bonds is 2. The molecule has 0 aromatic carbocycles. The lowest BCUT2D eigenvalue weighted by Gasteiger charge is -2.39. The van der Waals surface area contributed by atoms with Crippen LogP contribution < -0.4 is 5.32 Å². The maximum Gasteiger partial charge on any atom is 0.310 e. The third kappa shape index (κ3) is 4.44. The van der Waals surface area contributed by atoms with Gasteiger partial charge in [0.15, 0.2) is 0 Å². The lowest BCUT2D eigenvalue weighted by Crippen LogP contribution is -2.54. The fourth-order valence-electron chi connectivity index (χ4n) is 2.70. The van der Waals surface area contributed by atoms with Crippen molar-refractivity contribution in [1.29, 1.82) is 0 Å². The summed E-state index contributed by atoms with van der Waals surface area (Å²) in [5.74, 6) is -0.0984. The summed E-state index contributed by atoms with van der Waals surface area (Å²) in [5.41, 5.74) is -0.400. The zero-order valence-corrected chi connectivity index (χ0v) is 12.3. The number of nitrogens with one attached hydrogen (secondary N) is 1. The molecule has 0 radical (unpaired) electrons. The summed E-state index contributed by atoms with van der Waals surface area (Å²) in [6.07, 6.45) is 0.891. The Balaban J connectivity index is 1.87. The standard InChI is InChI=1S/C14H26N2O3/c1-14(2,3)19-13(17)11-8-12(10-15-9-11)16-4-6-18-7-5-16/h11-12,15H,4-10H2,1-3H3/t11-,12-/m1/s1. The number of ether oxygens (including phenoxy) is 2. The lowest BCUT2D eigenvalue weighted by atomic mass is 9.94.